The van der Waals surface area contributed by atoms with Gasteiger partial charge in [-0.05, 0) is 62.6 Å². The highest BCUT2D eigenvalue weighted by molar-refractivity contribution is 5.85. The maximum Gasteiger partial charge on any atom is 0.00148 e. The van der Waals surface area contributed by atoms with Gasteiger partial charge in [0.2, 0.25) is 0 Å². The van der Waals surface area contributed by atoms with E-state index in [9.17, 15) is 0 Å². The first kappa shape index (κ1) is 16.3. The standard InChI is InChI=1S/C15H30N2.ClH/c1-15(2,3)14-5-4-10-17(12-14)11-13-6-8-16-9-7-13;/h13-14,16H,4-12H2,1-3H3;1H. The second-order valence-electron chi connectivity index (χ2n) is 7.16. The van der Waals surface area contributed by atoms with Crippen LogP contribution in [0.2, 0.25) is 0 Å². The van der Waals surface area contributed by atoms with Crippen LogP contribution in [0.1, 0.15) is 46.5 Å². The Balaban J connectivity index is 0.00000162. The molecule has 0 bridgehead atoms. The summed E-state index contributed by atoms with van der Waals surface area (Å²) in [5, 5.41) is 3.47. The van der Waals surface area contributed by atoms with Gasteiger partial charge < -0.3 is 10.2 Å². The fourth-order valence-corrected chi connectivity index (χ4v) is 3.36. The van der Waals surface area contributed by atoms with E-state index in [1.807, 2.05) is 0 Å². The van der Waals surface area contributed by atoms with Gasteiger partial charge >= 0.3 is 0 Å². The summed E-state index contributed by atoms with van der Waals surface area (Å²) in [5.41, 5.74) is 0.493. The Kier molecular flexibility index (Phi) is 6.43. The lowest BCUT2D eigenvalue weighted by Gasteiger charge is -2.41. The molecule has 2 nitrogen and oxygen atoms in total. The molecule has 108 valence electrons. The minimum absolute atomic E-state index is 0. The minimum Gasteiger partial charge on any atom is -0.317 e. The van der Waals surface area contributed by atoms with E-state index >= 15 is 0 Å². The molecule has 2 rings (SSSR count). The molecule has 2 aliphatic heterocycles. The molecule has 0 radical (unpaired) electrons. The third kappa shape index (κ3) is 4.71. The molecule has 1 unspecified atom stereocenters. The van der Waals surface area contributed by atoms with Crippen molar-refractivity contribution in [3.8, 4) is 0 Å². The smallest absolute Gasteiger partial charge is 0.00148 e. The van der Waals surface area contributed by atoms with E-state index in [2.05, 4.69) is 31.0 Å². The lowest BCUT2D eigenvalue weighted by Crippen LogP contribution is -2.44. The van der Waals surface area contributed by atoms with Gasteiger partial charge in [-0.2, -0.15) is 0 Å². The topological polar surface area (TPSA) is 15.3 Å². The van der Waals surface area contributed by atoms with Gasteiger partial charge in [-0.1, -0.05) is 20.8 Å². The average molecular weight is 275 g/mol. The molecule has 0 aromatic heterocycles. The van der Waals surface area contributed by atoms with E-state index in [-0.39, 0.29) is 12.4 Å². The largest absolute Gasteiger partial charge is 0.317 e. The predicted octanol–water partition coefficient (Wildman–Crippen LogP) is 3.17. The summed E-state index contributed by atoms with van der Waals surface area (Å²) in [4.78, 5) is 2.75. The van der Waals surface area contributed by atoms with Crippen molar-refractivity contribution in [3.05, 3.63) is 0 Å². The second kappa shape index (κ2) is 7.12. The molecule has 0 aromatic rings. The summed E-state index contributed by atoms with van der Waals surface area (Å²) in [6.45, 7) is 13.7. The Hall–Kier alpha value is 0.210. The molecule has 0 saturated carbocycles. The maximum absolute atomic E-state index is 3.47. The van der Waals surface area contributed by atoms with Gasteiger partial charge in [0.15, 0.2) is 0 Å². The van der Waals surface area contributed by atoms with Crippen molar-refractivity contribution in [1.82, 2.24) is 10.2 Å². The maximum atomic E-state index is 3.47. The minimum atomic E-state index is 0. The fourth-order valence-electron chi connectivity index (χ4n) is 3.36. The Morgan fingerprint density at radius 2 is 1.78 bits per heavy atom. The van der Waals surface area contributed by atoms with Crippen molar-refractivity contribution < 1.29 is 0 Å². The molecule has 0 aliphatic carbocycles. The van der Waals surface area contributed by atoms with Crippen LogP contribution in [0.5, 0.6) is 0 Å². The van der Waals surface area contributed by atoms with Crippen molar-refractivity contribution in [2.45, 2.75) is 46.5 Å². The van der Waals surface area contributed by atoms with E-state index < -0.39 is 0 Å². The van der Waals surface area contributed by atoms with Gasteiger partial charge in [-0.25, -0.2) is 0 Å². The van der Waals surface area contributed by atoms with Gasteiger partial charge in [-0.15, -0.1) is 12.4 Å². The summed E-state index contributed by atoms with van der Waals surface area (Å²) in [6, 6.07) is 0. The molecule has 0 spiro atoms. The number of nitrogens with zero attached hydrogens (tertiary/aromatic N) is 1. The summed E-state index contributed by atoms with van der Waals surface area (Å²) in [5.74, 6) is 1.85. The third-order valence-corrected chi connectivity index (χ3v) is 4.71. The predicted molar refractivity (Wildman–Crippen MR) is 81.5 cm³/mol. The van der Waals surface area contributed by atoms with Crippen molar-refractivity contribution >= 4 is 12.4 Å². The van der Waals surface area contributed by atoms with Crippen molar-refractivity contribution in [2.24, 2.45) is 17.3 Å². The molecule has 2 heterocycles. The van der Waals surface area contributed by atoms with Crippen molar-refractivity contribution in [3.63, 3.8) is 0 Å². The lowest BCUT2D eigenvalue weighted by molar-refractivity contribution is 0.0827. The van der Waals surface area contributed by atoms with Crippen LogP contribution < -0.4 is 5.32 Å². The van der Waals surface area contributed by atoms with E-state index in [1.54, 1.807) is 0 Å². The zero-order valence-corrected chi connectivity index (χ0v) is 13.2. The van der Waals surface area contributed by atoms with Crippen LogP contribution in [0, 0.1) is 17.3 Å². The van der Waals surface area contributed by atoms with Crippen molar-refractivity contribution in [1.29, 1.82) is 0 Å². The Labute approximate surface area is 119 Å². The number of hydrogen-bond acceptors (Lipinski definition) is 2. The Morgan fingerprint density at radius 3 is 2.39 bits per heavy atom. The normalized spacial score (nSPS) is 27.8. The Bertz CT molecular complexity index is 231. The number of rotatable bonds is 2. The molecule has 0 amide bonds. The first-order chi connectivity index (χ1) is 8.05. The number of halogens is 1. The van der Waals surface area contributed by atoms with E-state index in [0.717, 1.165) is 11.8 Å². The highest BCUT2D eigenvalue weighted by atomic mass is 35.5. The average Bonchev–Trinajstić information content (AvgIpc) is 2.29. The molecule has 18 heavy (non-hydrogen) atoms. The zero-order valence-electron chi connectivity index (χ0n) is 12.4. The van der Waals surface area contributed by atoms with Crippen LogP contribution in [0.4, 0.5) is 0 Å². The van der Waals surface area contributed by atoms with Gasteiger partial charge in [0.05, 0.1) is 0 Å². The molecule has 2 fully saturated rings. The van der Waals surface area contributed by atoms with Crippen LogP contribution in [-0.4, -0.2) is 37.6 Å². The van der Waals surface area contributed by atoms with E-state index in [1.165, 1.54) is 58.4 Å². The SMILES string of the molecule is CC(C)(C)C1CCCN(CC2CCNCC2)C1.Cl. The van der Waals surface area contributed by atoms with Crippen LogP contribution in [0.25, 0.3) is 0 Å². The number of piperidine rings is 2. The molecule has 2 aliphatic rings. The van der Waals surface area contributed by atoms with Crippen LogP contribution in [-0.2, 0) is 0 Å². The van der Waals surface area contributed by atoms with Crippen LogP contribution >= 0.6 is 12.4 Å². The number of likely N-dealkylation sites (tertiary alicyclic amines) is 1. The molecule has 3 heteroatoms. The fraction of sp³-hybridized carbons (Fsp3) is 1.00. The van der Waals surface area contributed by atoms with Gasteiger partial charge in [0, 0.05) is 13.1 Å². The van der Waals surface area contributed by atoms with Crippen LogP contribution in [0.3, 0.4) is 0 Å². The molecular formula is C15H31ClN2. The first-order valence-electron chi connectivity index (χ1n) is 7.49. The summed E-state index contributed by atoms with van der Waals surface area (Å²) in [6.07, 6.45) is 5.62. The molecule has 2 saturated heterocycles. The van der Waals surface area contributed by atoms with E-state index in [0.29, 0.717) is 5.41 Å². The first-order valence-corrected chi connectivity index (χ1v) is 7.49. The summed E-state index contributed by atoms with van der Waals surface area (Å²) in [7, 11) is 0. The highest BCUT2D eigenvalue weighted by Crippen LogP contribution is 2.33. The molecule has 0 aromatic carbocycles. The van der Waals surface area contributed by atoms with Gasteiger partial charge in [-0.3, -0.25) is 0 Å². The molecule has 1 atom stereocenters. The third-order valence-electron chi connectivity index (χ3n) is 4.71. The van der Waals surface area contributed by atoms with Gasteiger partial charge in [0.1, 0.15) is 0 Å². The lowest BCUT2D eigenvalue weighted by atomic mass is 9.76. The number of nitrogens with one attached hydrogen (secondary N) is 1. The quantitative estimate of drug-likeness (QED) is 0.832. The summed E-state index contributed by atoms with van der Waals surface area (Å²) < 4.78 is 0. The van der Waals surface area contributed by atoms with Crippen molar-refractivity contribution in [2.75, 3.05) is 32.7 Å². The second-order valence-corrected chi connectivity index (χ2v) is 7.16. The highest BCUT2D eigenvalue weighted by Gasteiger charge is 2.30. The number of hydrogen-bond donors (Lipinski definition) is 1. The van der Waals surface area contributed by atoms with Crippen LogP contribution in [0.15, 0.2) is 0 Å². The molecule has 1 N–H and O–H groups in total. The Morgan fingerprint density at radius 1 is 1.11 bits per heavy atom. The molecular weight excluding hydrogens is 244 g/mol. The van der Waals surface area contributed by atoms with E-state index in [4.69, 9.17) is 0 Å². The zero-order chi connectivity index (χ0) is 12.3. The van der Waals surface area contributed by atoms with Gasteiger partial charge in [0.25, 0.3) is 0 Å². The summed E-state index contributed by atoms with van der Waals surface area (Å²) >= 11 is 0. The monoisotopic (exact) mass is 274 g/mol.